The average molecular weight is 322 g/mol. The molecule has 1 amide bonds. The largest absolute Gasteiger partial charge is 0.497 e. The lowest BCUT2D eigenvalue weighted by atomic mass is 10.1. The summed E-state index contributed by atoms with van der Waals surface area (Å²) in [6.45, 7) is 3.72. The molecule has 1 saturated heterocycles. The third-order valence-corrected chi connectivity index (χ3v) is 3.98. The molecule has 1 aliphatic heterocycles. The number of rotatable bonds is 8. The molecule has 0 spiro atoms. The molecular weight excluding hydrogens is 296 g/mol. The van der Waals surface area contributed by atoms with Crippen LogP contribution in [0.2, 0.25) is 0 Å². The van der Waals surface area contributed by atoms with Crippen LogP contribution < -0.4 is 14.8 Å². The zero-order chi connectivity index (χ0) is 16.5. The summed E-state index contributed by atoms with van der Waals surface area (Å²) in [5.74, 6) is 1.27. The second-order valence-electron chi connectivity index (χ2n) is 5.64. The Labute approximate surface area is 137 Å². The van der Waals surface area contributed by atoms with Crippen molar-refractivity contribution >= 4 is 5.91 Å². The van der Waals surface area contributed by atoms with E-state index in [0.29, 0.717) is 11.5 Å². The highest BCUT2D eigenvalue weighted by Crippen LogP contribution is 2.18. The van der Waals surface area contributed by atoms with Gasteiger partial charge in [-0.15, -0.1) is 0 Å². The van der Waals surface area contributed by atoms with Crippen molar-refractivity contribution in [2.75, 3.05) is 47.1 Å². The maximum atomic E-state index is 12.0. The highest BCUT2D eigenvalue weighted by molar-refractivity contribution is 5.77. The summed E-state index contributed by atoms with van der Waals surface area (Å²) in [7, 11) is 3.32. The maximum absolute atomic E-state index is 12.0. The monoisotopic (exact) mass is 322 g/mol. The molecule has 6 heteroatoms. The molecule has 1 N–H and O–H groups in total. The molecule has 0 radical (unpaired) electrons. The Morgan fingerprint density at radius 2 is 2.00 bits per heavy atom. The normalized spacial score (nSPS) is 16.1. The van der Waals surface area contributed by atoms with Crippen molar-refractivity contribution in [2.45, 2.75) is 18.9 Å². The van der Waals surface area contributed by atoms with E-state index in [1.807, 2.05) is 18.2 Å². The Morgan fingerprint density at radius 1 is 1.26 bits per heavy atom. The molecule has 0 atom stereocenters. The zero-order valence-corrected chi connectivity index (χ0v) is 13.9. The van der Waals surface area contributed by atoms with Crippen LogP contribution in [0.25, 0.3) is 0 Å². The Bertz CT molecular complexity index is 487. The first kappa shape index (κ1) is 17.6. The van der Waals surface area contributed by atoms with E-state index in [2.05, 4.69) is 10.2 Å². The van der Waals surface area contributed by atoms with E-state index >= 15 is 0 Å². The van der Waals surface area contributed by atoms with Crippen molar-refractivity contribution in [3.05, 3.63) is 24.3 Å². The summed E-state index contributed by atoms with van der Waals surface area (Å²) < 4.78 is 15.7. The number of piperidine rings is 1. The van der Waals surface area contributed by atoms with E-state index < -0.39 is 0 Å². The number of carbonyl (C=O) groups excluding carboxylic acids is 1. The van der Waals surface area contributed by atoms with Crippen LogP contribution in [0, 0.1) is 0 Å². The molecule has 1 fully saturated rings. The van der Waals surface area contributed by atoms with Crippen molar-refractivity contribution in [2.24, 2.45) is 0 Å². The van der Waals surface area contributed by atoms with Crippen LogP contribution in [-0.2, 0) is 9.53 Å². The number of carbonyl (C=O) groups is 1. The SMILES string of the molecule is COCCN1CCC(NC(=O)COc2cccc(OC)c2)CC1. The molecule has 6 nitrogen and oxygen atoms in total. The van der Waals surface area contributed by atoms with Gasteiger partial charge in [-0.05, 0) is 25.0 Å². The Morgan fingerprint density at radius 3 is 2.70 bits per heavy atom. The summed E-state index contributed by atoms with van der Waals surface area (Å²) in [6.07, 6.45) is 1.93. The first-order chi connectivity index (χ1) is 11.2. The number of likely N-dealkylation sites (tertiary alicyclic amines) is 1. The first-order valence-corrected chi connectivity index (χ1v) is 7.98. The Balaban J connectivity index is 1.67. The van der Waals surface area contributed by atoms with Crippen LogP contribution in [-0.4, -0.2) is 63.9 Å². The molecule has 0 saturated carbocycles. The molecule has 0 bridgehead atoms. The predicted octanol–water partition coefficient (Wildman–Crippen LogP) is 1.30. The van der Waals surface area contributed by atoms with E-state index in [1.54, 1.807) is 20.3 Å². The van der Waals surface area contributed by atoms with Crippen molar-refractivity contribution in [1.29, 1.82) is 0 Å². The second-order valence-corrected chi connectivity index (χ2v) is 5.64. The third-order valence-electron chi connectivity index (χ3n) is 3.98. The van der Waals surface area contributed by atoms with Crippen molar-refractivity contribution in [3.8, 4) is 11.5 Å². The van der Waals surface area contributed by atoms with Gasteiger partial charge in [0.1, 0.15) is 11.5 Å². The molecule has 1 heterocycles. The number of hydrogen-bond donors (Lipinski definition) is 1. The molecular formula is C17H26N2O4. The minimum absolute atomic E-state index is 0.0249. The molecule has 0 aromatic heterocycles. The van der Waals surface area contributed by atoms with Gasteiger partial charge >= 0.3 is 0 Å². The molecule has 1 aromatic carbocycles. The van der Waals surface area contributed by atoms with Gasteiger partial charge in [-0.2, -0.15) is 0 Å². The van der Waals surface area contributed by atoms with E-state index in [9.17, 15) is 4.79 Å². The summed E-state index contributed by atoms with van der Waals surface area (Å²) in [6, 6.07) is 7.48. The molecule has 23 heavy (non-hydrogen) atoms. The van der Waals surface area contributed by atoms with Crippen LogP contribution in [0.3, 0.4) is 0 Å². The second kappa shape index (κ2) is 9.37. The fourth-order valence-electron chi connectivity index (χ4n) is 2.63. The topological polar surface area (TPSA) is 60.0 Å². The average Bonchev–Trinajstić information content (AvgIpc) is 2.59. The van der Waals surface area contributed by atoms with Gasteiger partial charge in [-0.25, -0.2) is 0 Å². The van der Waals surface area contributed by atoms with E-state index in [1.165, 1.54) is 0 Å². The summed E-state index contributed by atoms with van der Waals surface area (Å²) >= 11 is 0. The first-order valence-electron chi connectivity index (χ1n) is 7.98. The third kappa shape index (κ3) is 6.08. The highest BCUT2D eigenvalue weighted by Gasteiger charge is 2.20. The number of amides is 1. The number of nitrogens with zero attached hydrogens (tertiary/aromatic N) is 1. The zero-order valence-electron chi connectivity index (χ0n) is 13.9. The lowest BCUT2D eigenvalue weighted by molar-refractivity contribution is -0.124. The molecule has 1 aromatic rings. The van der Waals surface area contributed by atoms with E-state index in [-0.39, 0.29) is 18.6 Å². The van der Waals surface area contributed by atoms with Crippen LogP contribution >= 0.6 is 0 Å². The van der Waals surface area contributed by atoms with Gasteiger partial charge in [-0.3, -0.25) is 4.79 Å². The molecule has 0 unspecified atom stereocenters. The molecule has 1 aliphatic rings. The van der Waals surface area contributed by atoms with Gasteiger partial charge < -0.3 is 24.4 Å². The lowest BCUT2D eigenvalue weighted by Crippen LogP contribution is -2.46. The summed E-state index contributed by atoms with van der Waals surface area (Å²) in [5, 5.41) is 3.04. The van der Waals surface area contributed by atoms with Crippen LogP contribution in [0.1, 0.15) is 12.8 Å². The summed E-state index contributed by atoms with van der Waals surface area (Å²) in [4.78, 5) is 14.4. The van der Waals surface area contributed by atoms with Gasteiger partial charge in [0.2, 0.25) is 0 Å². The smallest absolute Gasteiger partial charge is 0.258 e. The maximum Gasteiger partial charge on any atom is 0.258 e. The number of benzene rings is 1. The highest BCUT2D eigenvalue weighted by atomic mass is 16.5. The fraction of sp³-hybridized carbons (Fsp3) is 0.588. The van der Waals surface area contributed by atoms with Gasteiger partial charge in [0.15, 0.2) is 6.61 Å². The van der Waals surface area contributed by atoms with Gasteiger partial charge in [0, 0.05) is 38.9 Å². The standard InChI is InChI=1S/C17H26N2O4/c1-21-11-10-19-8-6-14(7-9-19)18-17(20)13-23-16-5-3-4-15(12-16)22-2/h3-5,12,14H,6-11,13H2,1-2H3,(H,18,20). The number of methoxy groups -OCH3 is 2. The Hall–Kier alpha value is -1.79. The van der Waals surface area contributed by atoms with Crippen LogP contribution in [0.4, 0.5) is 0 Å². The lowest BCUT2D eigenvalue weighted by Gasteiger charge is -2.32. The van der Waals surface area contributed by atoms with Crippen LogP contribution in [0.15, 0.2) is 24.3 Å². The van der Waals surface area contributed by atoms with Crippen molar-refractivity contribution < 1.29 is 19.0 Å². The van der Waals surface area contributed by atoms with Crippen molar-refractivity contribution in [3.63, 3.8) is 0 Å². The molecule has 2 rings (SSSR count). The minimum Gasteiger partial charge on any atom is -0.497 e. The van der Waals surface area contributed by atoms with Gasteiger partial charge in [-0.1, -0.05) is 6.07 Å². The van der Waals surface area contributed by atoms with Gasteiger partial charge in [0.25, 0.3) is 5.91 Å². The Kier molecular flexibility index (Phi) is 7.16. The van der Waals surface area contributed by atoms with Crippen molar-refractivity contribution in [1.82, 2.24) is 10.2 Å². The van der Waals surface area contributed by atoms with E-state index in [4.69, 9.17) is 14.2 Å². The number of nitrogens with one attached hydrogen (secondary N) is 1. The van der Waals surface area contributed by atoms with Gasteiger partial charge in [0.05, 0.1) is 13.7 Å². The minimum atomic E-state index is -0.0804. The van der Waals surface area contributed by atoms with E-state index in [0.717, 1.165) is 39.1 Å². The number of ether oxygens (including phenoxy) is 3. The van der Waals surface area contributed by atoms with Crippen LogP contribution in [0.5, 0.6) is 11.5 Å². The fourth-order valence-corrected chi connectivity index (χ4v) is 2.63. The quantitative estimate of drug-likeness (QED) is 0.782. The summed E-state index contributed by atoms with van der Waals surface area (Å²) in [5.41, 5.74) is 0. The number of hydrogen-bond acceptors (Lipinski definition) is 5. The molecule has 0 aliphatic carbocycles. The predicted molar refractivity (Wildman–Crippen MR) is 88.0 cm³/mol. The molecule has 128 valence electrons.